The van der Waals surface area contributed by atoms with Crippen LogP contribution in [-0.4, -0.2) is 72.5 Å². The number of unbranched alkanes of at least 4 members (excludes halogenated alkanes) is 2. The largest absolute Gasteiger partial charge is 0.451 e. The number of fused-ring (bicyclic) bond motifs is 3. The van der Waals surface area contributed by atoms with E-state index in [0.29, 0.717) is 22.4 Å². The van der Waals surface area contributed by atoms with E-state index in [1.54, 1.807) is 12.3 Å². The van der Waals surface area contributed by atoms with E-state index in [0.717, 1.165) is 85.7 Å². The normalized spacial score (nSPS) is 14.3. The number of pyridine rings is 1. The summed E-state index contributed by atoms with van der Waals surface area (Å²) in [4.78, 5) is 28.6. The minimum absolute atomic E-state index is 0.0802. The summed E-state index contributed by atoms with van der Waals surface area (Å²) in [7, 11) is 7.45. The Morgan fingerprint density at radius 1 is 1.04 bits per heavy atom. The molecule has 55 heavy (non-hydrogen) atoms. The number of nitrogens with one attached hydrogen (secondary N) is 2. The number of carbonyl (C=O) groups excluding carboxylic acids is 1. The van der Waals surface area contributed by atoms with Crippen molar-refractivity contribution >= 4 is 47.8 Å². The number of aromatic nitrogens is 1. The number of hydrogen-bond acceptors (Lipinski definition) is 7. The van der Waals surface area contributed by atoms with Crippen LogP contribution >= 0.6 is 9.24 Å². The maximum absolute atomic E-state index is 13.5. The van der Waals surface area contributed by atoms with E-state index in [9.17, 15) is 9.59 Å². The average molecular weight is 775 g/mol. The molecular formula is C45H67N4O5P. The quantitative estimate of drug-likeness (QED) is 0.0568. The smallest absolute Gasteiger partial charge is 0.256 e. The van der Waals surface area contributed by atoms with Crippen LogP contribution in [0.4, 0.5) is 5.69 Å². The Balaban J connectivity index is 0.000000698. The molecule has 4 aromatic rings. The fourth-order valence-electron chi connectivity index (χ4n) is 6.66. The fourth-order valence-corrected chi connectivity index (χ4v) is 7.06. The van der Waals surface area contributed by atoms with E-state index < -0.39 is 5.91 Å². The molecule has 2 unspecified atom stereocenters. The number of likely N-dealkylation sites (tertiary alicyclic amines) is 1. The highest BCUT2D eigenvalue weighted by molar-refractivity contribution is 7.28. The molecule has 0 bridgehead atoms. The third-order valence-corrected chi connectivity index (χ3v) is 10.0. The van der Waals surface area contributed by atoms with Crippen molar-refractivity contribution in [3.63, 3.8) is 0 Å². The molecule has 4 N–H and O–H groups in total. The molecule has 0 saturated carbocycles. The van der Waals surface area contributed by atoms with E-state index in [-0.39, 0.29) is 17.6 Å². The standard InChI is InChI=1S/C34H38N3O4P.C6H13N.2C2H6.CH4O/c1-3-11-22(13-8-10-17-38)12-5-4-9-16-36-30-29(42)20-25-31-33(30)41-28-19-24-15-7-6-14-23(24)18-27(28)37(31)21-26(32(25)39)34(40)35-2;1-6-4-3-5-7(6)2;3*1-2/h6-8,10-11,14-15,18-21,36,38H,3-5,9,12-13,16-17,42H2,1-2H3,(H,35,40);6H,3-5H2,1-2H3;2*1-2H3;2H,1H3/b10-8-,22-11-;;;;. The molecule has 0 aliphatic carbocycles. The lowest BCUT2D eigenvalue weighted by atomic mass is 10.0. The SMILES string of the molecule is CC.CC.CC/C=C(\C/C=C\CO)CCCCCNc1c(P)cc2c(=O)c(C(=O)NC)cn3c2c1Oc1cc2ccccc2cc1-3.CC1CCCN1C.CO. The molecule has 2 aliphatic rings. The van der Waals surface area contributed by atoms with Crippen molar-refractivity contribution in [3.8, 4) is 17.2 Å². The summed E-state index contributed by atoms with van der Waals surface area (Å²) in [6.07, 6.45) is 16.7. The Hall–Kier alpha value is -4.01. The molecule has 302 valence electrons. The number of aliphatic hydroxyl groups is 2. The molecule has 1 aromatic heterocycles. The van der Waals surface area contributed by atoms with Crippen molar-refractivity contribution < 1.29 is 19.7 Å². The molecule has 2 aliphatic heterocycles. The fraction of sp³-hybridized carbons (Fsp3) is 0.467. The molecule has 2 atom stereocenters. The predicted molar refractivity (Wildman–Crippen MR) is 238 cm³/mol. The summed E-state index contributed by atoms with van der Waals surface area (Å²) < 4.78 is 8.49. The maximum Gasteiger partial charge on any atom is 0.256 e. The first-order valence-corrected chi connectivity index (χ1v) is 20.6. The highest BCUT2D eigenvalue weighted by Crippen LogP contribution is 2.45. The Morgan fingerprint density at radius 3 is 2.31 bits per heavy atom. The first-order valence-electron chi connectivity index (χ1n) is 20.0. The number of ether oxygens (including phenoxy) is 1. The van der Waals surface area contributed by atoms with Gasteiger partial charge in [0.15, 0.2) is 11.5 Å². The lowest BCUT2D eigenvalue weighted by molar-refractivity contribution is 0.0961. The molecule has 3 aromatic carbocycles. The summed E-state index contributed by atoms with van der Waals surface area (Å²) >= 11 is 0. The minimum Gasteiger partial charge on any atom is -0.451 e. The number of amides is 1. The first kappa shape index (κ1) is 47.1. The summed E-state index contributed by atoms with van der Waals surface area (Å²) in [6.45, 7) is 14.6. The van der Waals surface area contributed by atoms with Gasteiger partial charge >= 0.3 is 0 Å². The van der Waals surface area contributed by atoms with Crippen LogP contribution in [0.1, 0.15) is 103 Å². The number of rotatable bonds is 12. The molecule has 0 radical (unpaired) electrons. The molecule has 0 spiro atoms. The maximum atomic E-state index is 13.5. The second-order valence-corrected chi connectivity index (χ2v) is 13.6. The zero-order chi connectivity index (χ0) is 40.9. The van der Waals surface area contributed by atoms with Gasteiger partial charge in [-0.25, -0.2) is 0 Å². The van der Waals surface area contributed by atoms with Crippen molar-refractivity contribution in [3.05, 3.63) is 88.2 Å². The number of allylic oxidation sites excluding steroid dienone is 3. The van der Waals surface area contributed by atoms with Gasteiger partial charge in [-0.3, -0.25) is 9.59 Å². The number of anilines is 1. The van der Waals surface area contributed by atoms with E-state index >= 15 is 0 Å². The second kappa shape index (κ2) is 25.2. The summed E-state index contributed by atoms with van der Waals surface area (Å²) in [5, 5.41) is 25.5. The topological polar surface area (TPSA) is 116 Å². The van der Waals surface area contributed by atoms with Gasteiger partial charge in [-0.2, -0.15) is 0 Å². The Morgan fingerprint density at radius 2 is 1.73 bits per heavy atom. The van der Waals surface area contributed by atoms with E-state index in [2.05, 4.69) is 51.7 Å². The van der Waals surface area contributed by atoms with Crippen LogP contribution in [0.25, 0.3) is 27.4 Å². The van der Waals surface area contributed by atoms with Gasteiger partial charge in [0.1, 0.15) is 11.1 Å². The average Bonchev–Trinajstić information content (AvgIpc) is 3.60. The Bertz CT molecular complexity index is 1910. The van der Waals surface area contributed by atoms with Gasteiger partial charge in [-0.05, 0) is 99.7 Å². The van der Waals surface area contributed by atoms with Crippen LogP contribution in [0, 0.1) is 0 Å². The summed E-state index contributed by atoms with van der Waals surface area (Å²) in [5.41, 5.74) is 3.43. The molecule has 1 fully saturated rings. The van der Waals surface area contributed by atoms with E-state index in [4.69, 9.17) is 14.9 Å². The number of hydrogen-bond donors (Lipinski definition) is 4. The highest BCUT2D eigenvalue weighted by Gasteiger charge is 2.27. The summed E-state index contributed by atoms with van der Waals surface area (Å²) in [6, 6.07) is 14.8. The highest BCUT2D eigenvalue weighted by atomic mass is 31.0. The zero-order valence-electron chi connectivity index (χ0n) is 34.8. The molecule has 10 heteroatoms. The summed E-state index contributed by atoms with van der Waals surface area (Å²) in [5.74, 6) is 0.831. The van der Waals surface area contributed by atoms with Crippen molar-refractivity contribution in [1.29, 1.82) is 0 Å². The van der Waals surface area contributed by atoms with Crippen molar-refractivity contribution in [1.82, 2.24) is 14.8 Å². The zero-order valence-corrected chi connectivity index (χ0v) is 36.0. The van der Waals surface area contributed by atoms with Crippen molar-refractivity contribution in [2.75, 3.05) is 46.2 Å². The Labute approximate surface area is 332 Å². The number of benzene rings is 3. The van der Waals surface area contributed by atoms with Crippen LogP contribution in [0.15, 0.2) is 77.3 Å². The van der Waals surface area contributed by atoms with Gasteiger partial charge in [-0.15, -0.1) is 9.24 Å². The van der Waals surface area contributed by atoms with Crippen LogP contribution in [0.5, 0.6) is 11.5 Å². The van der Waals surface area contributed by atoms with Crippen LogP contribution in [-0.2, 0) is 0 Å². The lowest BCUT2D eigenvalue weighted by Gasteiger charge is -2.27. The van der Waals surface area contributed by atoms with E-state index in [1.807, 2.05) is 80.8 Å². The molecular weight excluding hydrogens is 707 g/mol. The van der Waals surface area contributed by atoms with Gasteiger partial charge in [0.25, 0.3) is 5.91 Å². The van der Waals surface area contributed by atoms with Gasteiger partial charge in [0.05, 0.1) is 23.4 Å². The van der Waals surface area contributed by atoms with Crippen LogP contribution in [0.2, 0.25) is 0 Å². The third kappa shape index (κ3) is 12.5. The van der Waals surface area contributed by atoms with Gasteiger partial charge in [-0.1, -0.05) is 89.1 Å². The van der Waals surface area contributed by atoms with Gasteiger partial charge in [0, 0.05) is 32.9 Å². The van der Waals surface area contributed by atoms with Gasteiger partial charge < -0.3 is 35.1 Å². The number of aliphatic hydroxyl groups excluding tert-OH is 2. The predicted octanol–water partition coefficient (Wildman–Crippen LogP) is 9.12. The van der Waals surface area contributed by atoms with Crippen LogP contribution < -0.4 is 26.1 Å². The molecule has 3 heterocycles. The monoisotopic (exact) mass is 774 g/mol. The van der Waals surface area contributed by atoms with Crippen molar-refractivity contribution in [2.45, 2.75) is 99.0 Å². The first-order chi connectivity index (χ1) is 26.8. The lowest BCUT2D eigenvalue weighted by Crippen LogP contribution is -2.28. The van der Waals surface area contributed by atoms with Crippen LogP contribution in [0.3, 0.4) is 0 Å². The minimum atomic E-state index is -0.421. The Kier molecular flexibility index (Phi) is 21.6. The molecule has 1 saturated heterocycles. The number of carbonyl (C=O) groups is 1. The molecule has 9 nitrogen and oxygen atoms in total. The molecule has 1 amide bonds. The second-order valence-electron chi connectivity index (χ2n) is 13.0. The number of nitrogens with zero attached hydrogens (tertiary/aromatic N) is 2. The van der Waals surface area contributed by atoms with Crippen molar-refractivity contribution in [2.24, 2.45) is 0 Å². The van der Waals surface area contributed by atoms with Gasteiger partial charge in [0.2, 0.25) is 5.43 Å². The molecule has 6 rings (SSSR count). The van der Waals surface area contributed by atoms with E-state index in [1.165, 1.54) is 32.0 Å². The third-order valence-electron chi connectivity index (χ3n) is 9.55.